The van der Waals surface area contributed by atoms with Crippen molar-refractivity contribution in [1.82, 2.24) is 10.4 Å². The summed E-state index contributed by atoms with van der Waals surface area (Å²) in [4.78, 5) is 4.23. The minimum atomic E-state index is -0.0175. The zero-order valence-corrected chi connectivity index (χ0v) is 12.1. The van der Waals surface area contributed by atoms with Gasteiger partial charge in [0.25, 0.3) is 0 Å². The van der Waals surface area contributed by atoms with Gasteiger partial charge >= 0.3 is 0 Å². The molecule has 4 nitrogen and oxygen atoms in total. The second kappa shape index (κ2) is 5.84. The summed E-state index contributed by atoms with van der Waals surface area (Å²) in [6.07, 6.45) is 8.21. The van der Waals surface area contributed by atoms with E-state index in [0.717, 1.165) is 24.1 Å². The molecule has 1 saturated carbocycles. The van der Waals surface area contributed by atoms with Crippen LogP contribution in [0.5, 0.6) is 0 Å². The summed E-state index contributed by atoms with van der Waals surface area (Å²) in [6.45, 7) is 0. The van der Waals surface area contributed by atoms with Crippen molar-refractivity contribution < 1.29 is 0 Å². The highest BCUT2D eigenvalue weighted by Crippen LogP contribution is 2.50. The molecule has 1 aromatic heterocycles. The molecule has 3 rings (SSSR count). The molecule has 0 bridgehead atoms. The summed E-state index contributed by atoms with van der Waals surface area (Å²) in [5.74, 6) is 5.94. The quantitative estimate of drug-likeness (QED) is 0.595. The molecule has 4 heteroatoms. The lowest BCUT2D eigenvalue weighted by molar-refractivity contribution is 0.304. The molecule has 0 amide bonds. The van der Waals surface area contributed by atoms with Crippen LogP contribution in [0.15, 0.2) is 48.8 Å². The van der Waals surface area contributed by atoms with Crippen LogP contribution in [0.3, 0.4) is 0 Å². The number of hydrogen-bond donors (Lipinski definition) is 3. The highest BCUT2D eigenvalue weighted by atomic mass is 15.2. The third kappa shape index (κ3) is 2.41. The van der Waals surface area contributed by atoms with E-state index in [1.165, 1.54) is 18.4 Å². The number of hydrazine groups is 1. The summed E-state index contributed by atoms with van der Waals surface area (Å²) < 4.78 is 0. The van der Waals surface area contributed by atoms with E-state index in [1.807, 2.05) is 12.3 Å². The maximum atomic E-state index is 6.17. The maximum absolute atomic E-state index is 6.17. The Hall–Kier alpha value is -1.91. The molecule has 2 aromatic rings. The molecule has 21 heavy (non-hydrogen) atoms. The summed E-state index contributed by atoms with van der Waals surface area (Å²) in [7, 11) is 0. The van der Waals surface area contributed by atoms with Crippen LogP contribution in [-0.2, 0) is 5.41 Å². The number of pyridine rings is 1. The van der Waals surface area contributed by atoms with Gasteiger partial charge in [0.05, 0.1) is 6.04 Å². The van der Waals surface area contributed by atoms with E-state index >= 15 is 0 Å². The van der Waals surface area contributed by atoms with Gasteiger partial charge < -0.3 is 5.73 Å². The van der Waals surface area contributed by atoms with Crippen LogP contribution >= 0.6 is 0 Å². The summed E-state index contributed by atoms with van der Waals surface area (Å²) >= 11 is 0. The number of anilines is 1. The normalized spacial score (nSPS) is 18.5. The van der Waals surface area contributed by atoms with Gasteiger partial charge in [0.2, 0.25) is 0 Å². The van der Waals surface area contributed by atoms with Crippen LogP contribution < -0.4 is 17.0 Å². The molecule has 1 unspecified atom stereocenters. The van der Waals surface area contributed by atoms with Crippen LogP contribution in [0.1, 0.15) is 42.9 Å². The molecule has 1 aliphatic carbocycles. The number of nitrogen functional groups attached to an aromatic ring is 1. The predicted octanol–water partition coefficient (Wildman–Crippen LogP) is 2.68. The highest BCUT2D eigenvalue weighted by molar-refractivity contribution is 5.49. The van der Waals surface area contributed by atoms with E-state index < -0.39 is 0 Å². The zero-order chi connectivity index (χ0) is 14.7. The number of nitrogens with zero attached hydrogens (tertiary/aromatic N) is 1. The molecule has 0 spiro atoms. The molecule has 110 valence electrons. The van der Waals surface area contributed by atoms with Gasteiger partial charge in [-0.1, -0.05) is 43.2 Å². The number of nitrogens with two attached hydrogens (primary N) is 2. The van der Waals surface area contributed by atoms with Crippen molar-refractivity contribution in [3.05, 3.63) is 59.9 Å². The van der Waals surface area contributed by atoms with Gasteiger partial charge in [-0.3, -0.25) is 16.3 Å². The monoisotopic (exact) mass is 282 g/mol. The average Bonchev–Trinajstić information content (AvgIpc) is 3.01. The van der Waals surface area contributed by atoms with Crippen LogP contribution in [0.25, 0.3) is 0 Å². The topological polar surface area (TPSA) is 77.0 Å². The third-order valence-corrected chi connectivity index (χ3v) is 4.76. The lowest BCUT2D eigenvalue weighted by Gasteiger charge is -2.38. The molecule has 0 radical (unpaired) electrons. The standard InChI is InChI=1S/C17H22N4/c18-15-8-11-20-12-14(15)16(21-19)17(9-4-5-10-17)13-6-2-1-3-7-13/h1-3,6-8,11-12,16,21H,4-5,9-10,19H2,(H2,18,20). The summed E-state index contributed by atoms with van der Waals surface area (Å²) in [5.41, 5.74) is 12.2. The maximum Gasteiger partial charge on any atom is 0.0592 e. The number of aromatic nitrogens is 1. The van der Waals surface area contributed by atoms with Crippen molar-refractivity contribution in [3.8, 4) is 0 Å². The minimum Gasteiger partial charge on any atom is -0.398 e. The van der Waals surface area contributed by atoms with Gasteiger partial charge in [0.1, 0.15) is 0 Å². The molecular formula is C17H22N4. The lowest BCUT2D eigenvalue weighted by atomic mass is 9.70. The van der Waals surface area contributed by atoms with Gasteiger partial charge in [-0.25, -0.2) is 0 Å². The van der Waals surface area contributed by atoms with Gasteiger partial charge in [0, 0.05) is 29.1 Å². The Morgan fingerprint density at radius 2 is 1.81 bits per heavy atom. The van der Waals surface area contributed by atoms with Gasteiger partial charge in [0.15, 0.2) is 0 Å². The second-order valence-corrected chi connectivity index (χ2v) is 5.83. The Labute approximate surface area is 125 Å². The molecular weight excluding hydrogens is 260 g/mol. The lowest BCUT2D eigenvalue weighted by Crippen LogP contribution is -2.43. The molecule has 0 saturated heterocycles. The number of benzene rings is 1. The van der Waals surface area contributed by atoms with Crippen LogP contribution in [0.2, 0.25) is 0 Å². The molecule has 5 N–H and O–H groups in total. The molecule has 1 aliphatic rings. The van der Waals surface area contributed by atoms with Crippen LogP contribution in [0.4, 0.5) is 5.69 Å². The van der Waals surface area contributed by atoms with Crippen molar-refractivity contribution in [2.75, 3.05) is 5.73 Å². The predicted molar refractivity (Wildman–Crippen MR) is 85.3 cm³/mol. The number of nitrogens with one attached hydrogen (secondary N) is 1. The summed E-state index contributed by atoms with van der Waals surface area (Å²) in [5, 5.41) is 0. The fraction of sp³-hybridized carbons (Fsp3) is 0.353. The van der Waals surface area contributed by atoms with E-state index in [1.54, 1.807) is 6.20 Å². The fourth-order valence-electron chi connectivity index (χ4n) is 3.73. The van der Waals surface area contributed by atoms with Crippen LogP contribution in [-0.4, -0.2) is 4.98 Å². The van der Waals surface area contributed by atoms with Gasteiger partial charge in [-0.15, -0.1) is 0 Å². The van der Waals surface area contributed by atoms with Crippen molar-refractivity contribution >= 4 is 5.69 Å². The molecule has 0 aliphatic heterocycles. The number of rotatable bonds is 4. The fourth-order valence-corrected chi connectivity index (χ4v) is 3.73. The first-order valence-corrected chi connectivity index (χ1v) is 7.49. The molecule has 1 aromatic carbocycles. The average molecular weight is 282 g/mol. The second-order valence-electron chi connectivity index (χ2n) is 5.83. The molecule has 1 heterocycles. The SMILES string of the molecule is NNC(c1cnccc1N)C1(c2ccccc2)CCCC1. The highest BCUT2D eigenvalue weighted by Gasteiger charge is 2.43. The zero-order valence-electron chi connectivity index (χ0n) is 12.1. The molecule has 1 atom stereocenters. The Balaban J connectivity index is 2.10. The largest absolute Gasteiger partial charge is 0.398 e. The Kier molecular flexibility index (Phi) is 3.90. The minimum absolute atomic E-state index is 0.00678. The van der Waals surface area contributed by atoms with Crippen molar-refractivity contribution in [2.45, 2.75) is 37.1 Å². The van der Waals surface area contributed by atoms with Crippen molar-refractivity contribution in [2.24, 2.45) is 5.84 Å². The Bertz CT molecular complexity index is 591. The van der Waals surface area contributed by atoms with Gasteiger partial charge in [-0.05, 0) is 24.5 Å². The Morgan fingerprint density at radius 3 is 2.43 bits per heavy atom. The van der Waals surface area contributed by atoms with E-state index in [4.69, 9.17) is 11.6 Å². The van der Waals surface area contributed by atoms with Gasteiger partial charge in [-0.2, -0.15) is 0 Å². The first-order chi connectivity index (χ1) is 10.3. The van der Waals surface area contributed by atoms with E-state index in [-0.39, 0.29) is 11.5 Å². The van der Waals surface area contributed by atoms with E-state index in [9.17, 15) is 0 Å². The molecule has 1 fully saturated rings. The van der Waals surface area contributed by atoms with E-state index in [2.05, 4.69) is 40.7 Å². The van der Waals surface area contributed by atoms with Crippen molar-refractivity contribution in [3.63, 3.8) is 0 Å². The Morgan fingerprint density at radius 1 is 1.10 bits per heavy atom. The summed E-state index contributed by atoms with van der Waals surface area (Å²) in [6, 6.07) is 12.5. The van der Waals surface area contributed by atoms with Crippen LogP contribution in [0, 0.1) is 0 Å². The number of hydrogen-bond acceptors (Lipinski definition) is 4. The van der Waals surface area contributed by atoms with E-state index in [0.29, 0.717) is 0 Å². The smallest absolute Gasteiger partial charge is 0.0592 e. The first-order valence-electron chi connectivity index (χ1n) is 7.49. The third-order valence-electron chi connectivity index (χ3n) is 4.76. The first kappa shape index (κ1) is 14.0. The van der Waals surface area contributed by atoms with Crippen molar-refractivity contribution in [1.29, 1.82) is 0 Å².